The van der Waals surface area contributed by atoms with Gasteiger partial charge in [-0.15, -0.1) is 0 Å². The number of hydrogen-bond donors (Lipinski definition) is 1. The first kappa shape index (κ1) is 12.4. The van der Waals surface area contributed by atoms with Crippen LogP contribution < -0.4 is 10.5 Å². The van der Waals surface area contributed by atoms with Crippen molar-refractivity contribution >= 4 is 5.69 Å². The van der Waals surface area contributed by atoms with Crippen molar-refractivity contribution in [2.75, 3.05) is 5.73 Å². The lowest BCUT2D eigenvalue weighted by Crippen LogP contribution is -1.96. The number of halogens is 1. The molecule has 18 heavy (non-hydrogen) atoms. The molecular formula is C15H16FNO. The summed E-state index contributed by atoms with van der Waals surface area (Å²) >= 11 is 0. The highest BCUT2D eigenvalue weighted by molar-refractivity contribution is 5.55. The first-order chi connectivity index (χ1) is 8.47. The average molecular weight is 245 g/mol. The summed E-state index contributed by atoms with van der Waals surface area (Å²) in [6.07, 6.45) is 0. The van der Waals surface area contributed by atoms with E-state index < -0.39 is 0 Å². The zero-order valence-corrected chi connectivity index (χ0v) is 10.8. The van der Waals surface area contributed by atoms with Gasteiger partial charge in [0, 0.05) is 6.07 Å². The average Bonchev–Trinajstić information content (AvgIpc) is 2.30. The lowest BCUT2D eigenvalue weighted by Gasteiger charge is -2.13. The van der Waals surface area contributed by atoms with Crippen LogP contribution in [-0.2, 0) is 0 Å². The van der Waals surface area contributed by atoms with Crippen molar-refractivity contribution in [2.45, 2.75) is 20.8 Å². The number of rotatable bonds is 2. The van der Waals surface area contributed by atoms with Crippen LogP contribution in [0.3, 0.4) is 0 Å². The Labute approximate surface area is 106 Å². The molecule has 0 unspecified atom stereocenters. The van der Waals surface area contributed by atoms with E-state index in [-0.39, 0.29) is 5.82 Å². The van der Waals surface area contributed by atoms with Crippen LogP contribution in [0.15, 0.2) is 30.3 Å². The normalized spacial score (nSPS) is 10.4. The van der Waals surface area contributed by atoms with Crippen LogP contribution in [-0.4, -0.2) is 0 Å². The molecule has 0 radical (unpaired) electrons. The second kappa shape index (κ2) is 4.69. The Bertz CT molecular complexity index is 593. The lowest BCUT2D eigenvalue weighted by molar-refractivity contribution is 0.475. The molecule has 0 atom stereocenters. The molecule has 2 aromatic carbocycles. The molecule has 0 bridgehead atoms. The Hall–Kier alpha value is -2.03. The fraction of sp³-hybridized carbons (Fsp3) is 0.200. The van der Waals surface area contributed by atoms with Crippen LogP contribution in [0.4, 0.5) is 10.1 Å². The summed E-state index contributed by atoms with van der Waals surface area (Å²) in [7, 11) is 0. The summed E-state index contributed by atoms with van der Waals surface area (Å²) in [4.78, 5) is 0. The van der Waals surface area contributed by atoms with Gasteiger partial charge in [-0.05, 0) is 55.7 Å². The fourth-order valence-electron chi connectivity index (χ4n) is 1.82. The summed E-state index contributed by atoms with van der Waals surface area (Å²) in [6.45, 7) is 5.98. The van der Waals surface area contributed by atoms with E-state index in [0.717, 1.165) is 16.7 Å². The van der Waals surface area contributed by atoms with Gasteiger partial charge >= 0.3 is 0 Å². The topological polar surface area (TPSA) is 35.2 Å². The van der Waals surface area contributed by atoms with E-state index in [1.165, 1.54) is 18.2 Å². The molecule has 0 aliphatic rings. The quantitative estimate of drug-likeness (QED) is 0.807. The largest absolute Gasteiger partial charge is 0.455 e. The third-order valence-corrected chi connectivity index (χ3v) is 2.96. The van der Waals surface area contributed by atoms with E-state index in [1.807, 2.05) is 26.8 Å². The highest BCUT2D eigenvalue weighted by atomic mass is 19.1. The van der Waals surface area contributed by atoms with Crippen molar-refractivity contribution in [1.29, 1.82) is 0 Å². The molecule has 2 aromatic rings. The maximum Gasteiger partial charge on any atom is 0.153 e. The van der Waals surface area contributed by atoms with Gasteiger partial charge in [0.25, 0.3) is 0 Å². The fourth-order valence-corrected chi connectivity index (χ4v) is 1.82. The van der Waals surface area contributed by atoms with Gasteiger partial charge < -0.3 is 10.5 Å². The van der Waals surface area contributed by atoms with Gasteiger partial charge in [0.1, 0.15) is 11.6 Å². The van der Waals surface area contributed by atoms with Crippen LogP contribution in [0, 0.1) is 26.6 Å². The van der Waals surface area contributed by atoms with E-state index in [0.29, 0.717) is 17.2 Å². The zero-order valence-electron chi connectivity index (χ0n) is 10.8. The Morgan fingerprint density at radius 3 is 2.44 bits per heavy atom. The number of hydrogen-bond acceptors (Lipinski definition) is 2. The van der Waals surface area contributed by atoms with Crippen LogP contribution in [0.1, 0.15) is 16.7 Å². The molecule has 2 rings (SSSR count). The molecule has 0 aliphatic heterocycles. The maximum absolute atomic E-state index is 13.2. The van der Waals surface area contributed by atoms with Crippen molar-refractivity contribution in [3.05, 3.63) is 52.8 Å². The van der Waals surface area contributed by atoms with Crippen LogP contribution in [0.25, 0.3) is 0 Å². The first-order valence-electron chi connectivity index (χ1n) is 5.78. The second-order valence-corrected chi connectivity index (χ2v) is 4.49. The summed E-state index contributed by atoms with van der Waals surface area (Å²) in [5.41, 5.74) is 9.47. The number of nitrogen functional groups attached to an aromatic ring is 1. The molecule has 2 N–H and O–H groups in total. The minimum atomic E-state index is -0.360. The van der Waals surface area contributed by atoms with Gasteiger partial charge in [-0.25, -0.2) is 4.39 Å². The van der Waals surface area contributed by atoms with Gasteiger partial charge in [-0.1, -0.05) is 6.07 Å². The third kappa shape index (κ3) is 2.45. The summed E-state index contributed by atoms with van der Waals surface area (Å²) in [6, 6.07) is 8.12. The SMILES string of the molecule is Cc1cc(C)c(C)c(Oc2cc(F)ccc2N)c1. The van der Waals surface area contributed by atoms with E-state index in [1.54, 1.807) is 0 Å². The summed E-state index contributed by atoms with van der Waals surface area (Å²) < 4.78 is 18.9. The molecule has 0 amide bonds. The minimum Gasteiger partial charge on any atom is -0.455 e. The minimum absolute atomic E-state index is 0.350. The predicted molar refractivity (Wildman–Crippen MR) is 71.5 cm³/mol. The molecule has 0 saturated heterocycles. The molecule has 2 nitrogen and oxygen atoms in total. The van der Waals surface area contributed by atoms with Gasteiger partial charge in [0.15, 0.2) is 5.75 Å². The van der Waals surface area contributed by atoms with Crippen LogP contribution in [0.2, 0.25) is 0 Å². The molecule has 3 heteroatoms. The Morgan fingerprint density at radius 1 is 1.00 bits per heavy atom. The van der Waals surface area contributed by atoms with Gasteiger partial charge in [0.2, 0.25) is 0 Å². The van der Waals surface area contributed by atoms with E-state index in [4.69, 9.17) is 10.5 Å². The molecule has 0 aliphatic carbocycles. The molecule has 94 valence electrons. The maximum atomic E-state index is 13.2. The molecule has 0 spiro atoms. The van der Waals surface area contributed by atoms with Crippen molar-refractivity contribution in [3.63, 3.8) is 0 Å². The molecule has 0 heterocycles. The first-order valence-corrected chi connectivity index (χ1v) is 5.78. The van der Waals surface area contributed by atoms with Crippen molar-refractivity contribution in [1.82, 2.24) is 0 Å². The van der Waals surface area contributed by atoms with Crippen molar-refractivity contribution in [3.8, 4) is 11.5 Å². The Balaban J connectivity index is 2.43. The molecule has 0 fully saturated rings. The highest BCUT2D eigenvalue weighted by Gasteiger charge is 2.08. The summed E-state index contributed by atoms with van der Waals surface area (Å²) in [5.74, 6) is 0.703. The zero-order chi connectivity index (χ0) is 13.3. The monoisotopic (exact) mass is 245 g/mol. The molecule has 0 saturated carbocycles. The number of benzene rings is 2. The van der Waals surface area contributed by atoms with Crippen LogP contribution >= 0.6 is 0 Å². The van der Waals surface area contributed by atoms with Crippen LogP contribution in [0.5, 0.6) is 11.5 Å². The van der Waals surface area contributed by atoms with Gasteiger partial charge in [-0.3, -0.25) is 0 Å². The highest BCUT2D eigenvalue weighted by Crippen LogP contribution is 2.32. The van der Waals surface area contributed by atoms with Crippen molar-refractivity contribution in [2.24, 2.45) is 0 Å². The number of ether oxygens (including phenoxy) is 1. The molecular weight excluding hydrogens is 229 g/mol. The number of nitrogens with two attached hydrogens (primary N) is 1. The van der Waals surface area contributed by atoms with Gasteiger partial charge in [0.05, 0.1) is 5.69 Å². The Kier molecular flexibility index (Phi) is 3.24. The third-order valence-electron chi connectivity index (χ3n) is 2.96. The molecule has 0 aromatic heterocycles. The Morgan fingerprint density at radius 2 is 1.72 bits per heavy atom. The van der Waals surface area contributed by atoms with E-state index in [2.05, 4.69) is 6.07 Å². The van der Waals surface area contributed by atoms with E-state index >= 15 is 0 Å². The van der Waals surface area contributed by atoms with Gasteiger partial charge in [-0.2, -0.15) is 0 Å². The lowest BCUT2D eigenvalue weighted by atomic mass is 10.1. The number of aryl methyl sites for hydroxylation is 2. The van der Waals surface area contributed by atoms with E-state index in [9.17, 15) is 4.39 Å². The summed E-state index contributed by atoms with van der Waals surface area (Å²) in [5, 5.41) is 0. The van der Waals surface area contributed by atoms with Crippen molar-refractivity contribution < 1.29 is 9.13 Å². The predicted octanol–water partition coefficient (Wildman–Crippen LogP) is 4.13. The number of anilines is 1. The second-order valence-electron chi connectivity index (χ2n) is 4.49. The smallest absolute Gasteiger partial charge is 0.153 e. The standard InChI is InChI=1S/C15H16FNO/c1-9-6-10(2)11(3)14(7-9)18-15-8-12(16)4-5-13(15)17/h4-8H,17H2,1-3H3.